The number of carbonyl (C=O) groups excluding carboxylic acids is 2. The number of anilines is 2. The molecule has 1 aliphatic rings. The molecule has 1 aromatic heterocycles. The molecule has 2 heterocycles. The Morgan fingerprint density at radius 3 is 2.09 bits per heavy atom. The number of hydrogen-bond donors (Lipinski definition) is 3. The maximum atomic E-state index is 13.9. The molecule has 2 amide bonds. The first-order valence-electron chi connectivity index (χ1n) is 13.4. The first-order valence-corrected chi connectivity index (χ1v) is 13.4. The minimum absolute atomic E-state index is 0.00970. The predicted molar refractivity (Wildman–Crippen MR) is 150 cm³/mol. The van der Waals surface area contributed by atoms with Crippen molar-refractivity contribution in [2.24, 2.45) is 5.73 Å². The van der Waals surface area contributed by atoms with E-state index in [-0.39, 0.29) is 53.8 Å². The number of aliphatic hydroxyl groups is 2. The fraction of sp³-hybridized carbons (Fsp3) is 0.367. The number of halogens is 6. The minimum Gasteiger partial charge on any atom is -0.394 e. The number of pyridine rings is 1. The van der Waals surface area contributed by atoms with Crippen molar-refractivity contribution in [3.05, 3.63) is 77.0 Å². The number of likely N-dealkylation sites (N-methyl/N-ethyl adjacent to an activating group) is 1. The van der Waals surface area contributed by atoms with Crippen molar-refractivity contribution in [2.75, 3.05) is 30.0 Å². The van der Waals surface area contributed by atoms with E-state index < -0.39 is 58.4 Å². The lowest BCUT2D eigenvalue weighted by molar-refractivity contribution is -0.143. The number of amides is 2. The summed E-state index contributed by atoms with van der Waals surface area (Å²) in [6, 6.07) is 8.22. The number of nitrogens with zero attached hydrogens (tertiary/aromatic N) is 3. The summed E-state index contributed by atoms with van der Waals surface area (Å²) < 4.78 is 81.6. The number of aromatic nitrogens is 1. The summed E-state index contributed by atoms with van der Waals surface area (Å²) in [7, 11) is 1.28. The van der Waals surface area contributed by atoms with E-state index in [1.807, 2.05) is 0 Å². The van der Waals surface area contributed by atoms with E-state index in [1.54, 1.807) is 23.1 Å². The summed E-state index contributed by atoms with van der Waals surface area (Å²) in [5, 5.41) is 20.0. The summed E-state index contributed by atoms with van der Waals surface area (Å²) in [5.41, 5.74) is 0.731. The van der Waals surface area contributed by atoms with Gasteiger partial charge >= 0.3 is 12.4 Å². The first-order chi connectivity index (χ1) is 20.4. The molecule has 0 saturated carbocycles. The van der Waals surface area contributed by atoms with Gasteiger partial charge in [0, 0.05) is 24.7 Å². The van der Waals surface area contributed by atoms with E-state index in [4.69, 9.17) is 5.73 Å². The van der Waals surface area contributed by atoms with Gasteiger partial charge in [-0.1, -0.05) is 18.2 Å². The molecule has 1 saturated heterocycles. The van der Waals surface area contributed by atoms with Gasteiger partial charge in [0.1, 0.15) is 5.82 Å². The molecular formula is C30H30F6N4O4. The third-order valence-corrected chi connectivity index (χ3v) is 7.76. The van der Waals surface area contributed by atoms with Gasteiger partial charge in [0.2, 0.25) is 11.8 Å². The van der Waals surface area contributed by atoms with Gasteiger partial charge in [0.15, 0.2) is 0 Å². The molecule has 0 radical (unpaired) electrons. The Kier molecular flexibility index (Phi) is 8.73. The lowest BCUT2D eigenvalue weighted by Gasteiger charge is -2.32. The Morgan fingerprint density at radius 2 is 1.55 bits per heavy atom. The normalized spacial score (nSPS) is 17.6. The second-order valence-corrected chi connectivity index (χ2v) is 11.1. The third-order valence-electron chi connectivity index (χ3n) is 7.76. The maximum Gasteiger partial charge on any atom is 0.416 e. The van der Waals surface area contributed by atoms with Crippen LogP contribution in [-0.4, -0.2) is 59.4 Å². The van der Waals surface area contributed by atoms with Crippen LogP contribution in [0.4, 0.5) is 37.8 Å². The van der Waals surface area contributed by atoms with Crippen molar-refractivity contribution in [1.29, 1.82) is 0 Å². The Morgan fingerprint density at radius 1 is 0.977 bits per heavy atom. The first kappa shape index (κ1) is 32.7. The van der Waals surface area contributed by atoms with Gasteiger partial charge in [-0.2, -0.15) is 26.3 Å². The number of β-amino-alcohol motifs (C(OH)–C–C–N with tert-alkyl or cyclic N) is 1. The Bertz CT molecular complexity index is 1540. The van der Waals surface area contributed by atoms with Gasteiger partial charge < -0.3 is 25.7 Å². The van der Waals surface area contributed by atoms with Crippen LogP contribution in [0, 0.1) is 0 Å². The van der Waals surface area contributed by atoms with Crippen LogP contribution in [0.2, 0.25) is 0 Å². The molecule has 1 fully saturated rings. The van der Waals surface area contributed by atoms with E-state index in [2.05, 4.69) is 4.98 Å². The second kappa shape index (κ2) is 11.7. The number of primary amides is 1. The molecule has 44 heavy (non-hydrogen) atoms. The molecule has 1 aliphatic heterocycles. The summed E-state index contributed by atoms with van der Waals surface area (Å²) in [5.74, 6) is -1.39. The summed E-state index contributed by atoms with van der Waals surface area (Å²) in [6.45, 7) is 2.25. The smallest absolute Gasteiger partial charge is 0.394 e. The number of hydrogen-bond acceptors (Lipinski definition) is 6. The van der Waals surface area contributed by atoms with Gasteiger partial charge in [0.25, 0.3) is 0 Å². The van der Waals surface area contributed by atoms with E-state index in [0.29, 0.717) is 12.1 Å². The molecule has 2 aromatic carbocycles. The fourth-order valence-corrected chi connectivity index (χ4v) is 5.32. The molecular weight excluding hydrogens is 594 g/mol. The SMILES string of the molecule is CN(C(=O)C(C)(C)c1cc(C(F)(F)F)cc(C(F)(F)F)c1)c1cnc(N2CC(O)CC2CO)cc1-c1ccccc1C(N)=O. The Labute approximate surface area is 248 Å². The molecule has 236 valence electrons. The Balaban J connectivity index is 1.87. The molecule has 4 N–H and O–H groups in total. The zero-order valence-corrected chi connectivity index (χ0v) is 23.9. The van der Waals surface area contributed by atoms with Crippen LogP contribution in [0.3, 0.4) is 0 Å². The van der Waals surface area contributed by atoms with Crippen LogP contribution in [0.15, 0.2) is 54.7 Å². The molecule has 0 aliphatic carbocycles. The monoisotopic (exact) mass is 624 g/mol. The predicted octanol–water partition coefficient (Wildman–Crippen LogP) is 4.76. The van der Waals surface area contributed by atoms with Crippen LogP contribution in [0.5, 0.6) is 0 Å². The van der Waals surface area contributed by atoms with Crippen molar-refractivity contribution in [3.63, 3.8) is 0 Å². The number of alkyl halides is 6. The second-order valence-electron chi connectivity index (χ2n) is 11.1. The van der Waals surface area contributed by atoms with Crippen LogP contribution in [0.1, 0.15) is 47.3 Å². The average Bonchev–Trinajstić information content (AvgIpc) is 3.35. The van der Waals surface area contributed by atoms with E-state index in [0.717, 1.165) is 4.90 Å². The molecule has 2 unspecified atom stereocenters. The number of benzene rings is 2. The van der Waals surface area contributed by atoms with Crippen molar-refractivity contribution in [2.45, 2.75) is 50.2 Å². The quantitative estimate of drug-likeness (QED) is 0.327. The number of aliphatic hydroxyl groups excluding tert-OH is 2. The number of rotatable bonds is 7. The lowest BCUT2D eigenvalue weighted by atomic mass is 9.81. The highest BCUT2D eigenvalue weighted by Crippen LogP contribution is 2.41. The van der Waals surface area contributed by atoms with Crippen molar-refractivity contribution in [1.82, 2.24) is 4.98 Å². The molecule has 2 atom stereocenters. The van der Waals surface area contributed by atoms with Gasteiger partial charge in [-0.25, -0.2) is 4.98 Å². The van der Waals surface area contributed by atoms with Gasteiger partial charge in [0.05, 0.1) is 47.2 Å². The molecule has 14 heteroatoms. The zero-order valence-electron chi connectivity index (χ0n) is 23.9. The topological polar surface area (TPSA) is 120 Å². The fourth-order valence-electron chi connectivity index (χ4n) is 5.32. The molecule has 4 rings (SSSR count). The molecule has 3 aromatic rings. The standard InChI is InChI=1S/C30H30F6N4O4/c1-28(2,16-8-17(29(31,32)33)10-18(9-16)30(34,35)36)27(44)39(3)24-13-38-25(40-14-20(42)11-19(40)15-41)12-23(24)21-6-4-5-7-22(21)26(37)43/h4-10,12-13,19-20,41-42H,11,14-15H2,1-3H3,(H2,37,43). The lowest BCUT2D eigenvalue weighted by Crippen LogP contribution is -2.42. The van der Waals surface area contributed by atoms with E-state index in [9.17, 15) is 46.1 Å². The summed E-state index contributed by atoms with van der Waals surface area (Å²) >= 11 is 0. The van der Waals surface area contributed by atoms with Crippen LogP contribution in [-0.2, 0) is 22.6 Å². The number of nitrogens with two attached hydrogens (primary N) is 1. The van der Waals surface area contributed by atoms with Crippen LogP contribution in [0.25, 0.3) is 11.1 Å². The van der Waals surface area contributed by atoms with Crippen molar-refractivity contribution < 1.29 is 46.1 Å². The largest absolute Gasteiger partial charge is 0.416 e. The summed E-state index contributed by atoms with van der Waals surface area (Å²) in [6.07, 6.45) is -9.45. The van der Waals surface area contributed by atoms with Gasteiger partial charge in [-0.3, -0.25) is 9.59 Å². The molecule has 0 spiro atoms. The molecule has 0 bridgehead atoms. The Hall–Kier alpha value is -4.17. The van der Waals surface area contributed by atoms with E-state index >= 15 is 0 Å². The maximum absolute atomic E-state index is 13.9. The highest BCUT2D eigenvalue weighted by Gasteiger charge is 2.41. The van der Waals surface area contributed by atoms with Crippen LogP contribution < -0.4 is 15.5 Å². The minimum atomic E-state index is -5.11. The third kappa shape index (κ3) is 6.36. The highest BCUT2D eigenvalue weighted by atomic mass is 19.4. The number of carbonyl (C=O) groups is 2. The van der Waals surface area contributed by atoms with Gasteiger partial charge in [-0.05, 0) is 61.7 Å². The summed E-state index contributed by atoms with van der Waals surface area (Å²) in [4.78, 5) is 33.4. The molecule has 8 nitrogen and oxygen atoms in total. The van der Waals surface area contributed by atoms with Crippen molar-refractivity contribution >= 4 is 23.3 Å². The van der Waals surface area contributed by atoms with Crippen LogP contribution >= 0.6 is 0 Å². The zero-order chi connectivity index (χ0) is 32.8. The van der Waals surface area contributed by atoms with Gasteiger partial charge in [-0.15, -0.1) is 0 Å². The van der Waals surface area contributed by atoms with E-state index in [1.165, 1.54) is 39.2 Å². The highest BCUT2D eigenvalue weighted by molar-refractivity contribution is 6.06. The van der Waals surface area contributed by atoms with Crippen molar-refractivity contribution in [3.8, 4) is 11.1 Å². The average molecular weight is 625 g/mol.